The van der Waals surface area contributed by atoms with Crippen molar-refractivity contribution in [3.8, 4) is 17.2 Å². The van der Waals surface area contributed by atoms with Gasteiger partial charge < -0.3 is 18.9 Å². The molecule has 1 fully saturated rings. The minimum absolute atomic E-state index is 0.0693. The standard InChI is InChI=1S/C25H28ClNO7/c1-14(12-20(29)22-24(33-16(3)28)21(31-4)10-11-27-22)25(30)32-15(2)23(17-8-9-17)34-19-7-5-6-18(26)13-19/h5-7,10-11,13-15,17,23H,8-9,12H2,1-4H3/t14-,15+,23+/m1/s1. The van der Waals surface area contributed by atoms with Gasteiger partial charge in [0, 0.05) is 30.6 Å². The molecule has 1 saturated carbocycles. The van der Waals surface area contributed by atoms with Gasteiger partial charge in [-0.1, -0.05) is 24.6 Å². The van der Waals surface area contributed by atoms with Crippen molar-refractivity contribution in [2.75, 3.05) is 7.11 Å². The number of ether oxygens (including phenoxy) is 4. The Morgan fingerprint density at radius 3 is 2.53 bits per heavy atom. The molecule has 0 bridgehead atoms. The molecule has 3 atom stereocenters. The Balaban J connectivity index is 1.65. The van der Waals surface area contributed by atoms with Crippen LogP contribution in [0.5, 0.6) is 17.2 Å². The number of benzene rings is 1. The summed E-state index contributed by atoms with van der Waals surface area (Å²) in [5, 5.41) is 0.558. The summed E-state index contributed by atoms with van der Waals surface area (Å²) in [6, 6.07) is 8.55. The van der Waals surface area contributed by atoms with E-state index in [4.69, 9.17) is 30.5 Å². The number of carbonyl (C=O) groups is 3. The van der Waals surface area contributed by atoms with Crippen LogP contribution in [-0.2, 0) is 14.3 Å². The van der Waals surface area contributed by atoms with Crippen LogP contribution in [0.15, 0.2) is 36.5 Å². The number of hydrogen-bond donors (Lipinski definition) is 0. The summed E-state index contributed by atoms with van der Waals surface area (Å²) in [6.07, 6.45) is 2.33. The molecule has 1 heterocycles. The first-order chi connectivity index (χ1) is 16.2. The van der Waals surface area contributed by atoms with Crippen LogP contribution in [0.4, 0.5) is 0 Å². The Morgan fingerprint density at radius 2 is 1.91 bits per heavy atom. The molecule has 0 unspecified atom stereocenters. The Hall–Kier alpha value is -3.13. The van der Waals surface area contributed by atoms with Crippen LogP contribution in [0.2, 0.25) is 5.02 Å². The van der Waals surface area contributed by atoms with Crippen LogP contribution in [0.25, 0.3) is 0 Å². The van der Waals surface area contributed by atoms with E-state index in [-0.39, 0.29) is 35.6 Å². The van der Waals surface area contributed by atoms with Crippen molar-refractivity contribution in [2.24, 2.45) is 11.8 Å². The molecule has 1 aliphatic rings. The number of aromatic nitrogens is 1. The second kappa shape index (κ2) is 11.3. The SMILES string of the molecule is COc1ccnc(C(=O)C[C@@H](C)C(=O)O[C@@H](C)[C@H](Oc2cccc(Cl)c2)C2CC2)c1OC(C)=O. The third-order valence-electron chi connectivity index (χ3n) is 5.41. The summed E-state index contributed by atoms with van der Waals surface area (Å²) in [4.78, 5) is 41.2. The van der Waals surface area contributed by atoms with E-state index in [0.29, 0.717) is 10.8 Å². The van der Waals surface area contributed by atoms with Gasteiger partial charge in [0.1, 0.15) is 18.0 Å². The van der Waals surface area contributed by atoms with Gasteiger partial charge in [-0.3, -0.25) is 14.4 Å². The number of Topliss-reactive ketones (excluding diaryl/α,β-unsaturated/α-hetero) is 1. The van der Waals surface area contributed by atoms with Crippen molar-refractivity contribution < 1.29 is 33.3 Å². The predicted molar refractivity (Wildman–Crippen MR) is 124 cm³/mol. The monoisotopic (exact) mass is 489 g/mol. The molecule has 1 aromatic carbocycles. The molecule has 1 aromatic heterocycles. The van der Waals surface area contributed by atoms with Gasteiger partial charge in [-0.2, -0.15) is 0 Å². The number of carbonyl (C=O) groups excluding carboxylic acids is 3. The molecule has 0 aliphatic heterocycles. The van der Waals surface area contributed by atoms with E-state index in [9.17, 15) is 14.4 Å². The molecule has 3 rings (SSSR count). The number of halogens is 1. The zero-order chi connectivity index (χ0) is 24.8. The highest BCUT2D eigenvalue weighted by Crippen LogP contribution is 2.38. The van der Waals surface area contributed by atoms with Crippen LogP contribution in [0, 0.1) is 11.8 Å². The van der Waals surface area contributed by atoms with Gasteiger partial charge in [-0.25, -0.2) is 4.98 Å². The lowest BCUT2D eigenvalue weighted by Gasteiger charge is -2.26. The molecular weight excluding hydrogens is 462 g/mol. The maximum atomic E-state index is 12.9. The third kappa shape index (κ3) is 6.70. The molecule has 0 spiro atoms. The molecule has 1 aliphatic carbocycles. The Kier molecular flexibility index (Phi) is 8.50. The summed E-state index contributed by atoms with van der Waals surface area (Å²) in [6.45, 7) is 4.59. The highest BCUT2D eigenvalue weighted by atomic mass is 35.5. The molecule has 34 heavy (non-hydrogen) atoms. The van der Waals surface area contributed by atoms with Gasteiger partial charge in [0.15, 0.2) is 17.2 Å². The van der Waals surface area contributed by atoms with E-state index in [1.807, 2.05) is 0 Å². The molecule has 8 nitrogen and oxygen atoms in total. The topological polar surface area (TPSA) is 101 Å². The van der Waals surface area contributed by atoms with Crippen LogP contribution in [0.3, 0.4) is 0 Å². The van der Waals surface area contributed by atoms with Gasteiger partial charge in [0.25, 0.3) is 0 Å². The van der Waals surface area contributed by atoms with Gasteiger partial charge in [-0.15, -0.1) is 0 Å². The first-order valence-corrected chi connectivity index (χ1v) is 11.4. The number of ketones is 1. The molecule has 0 radical (unpaired) electrons. The average Bonchev–Trinajstić information content (AvgIpc) is 3.62. The van der Waals surface area contributed by atoms with E-state index in [2.05, 4.69) is 4.98 Å². The van der Waals surface area contributed by atoms with Crippen LogP contribution in [-0.4, -0.2) is 42.0 Å². The first-order valence-electron chi connectivity index (χ1n) is 11.1. The lowest BCUT2D eigenvalue weighted by atomic mass is 10.0. The normalized spacial score (nSPS) is 15.6. The van der Waals surface area contributed by atoms with Crippen molar-refractivity contribution in [1.82, 2.24) is 4.98 Å². The van der Waals surface area contributed by atoms with Gasteiger partial charge in [-0.05, 0) is 43.9 Å². The van der Waals surface area contributed by atoms with Gasteiger partial charge in [0.2, 0.25) is 5.75 Å². The average molecular weight is 490 g/mol. The van der Waals surface area contributed by atoms with Gasteiger partial charge in [0.05, 0.1) is 13.0 Å². The summed E-state index contributed by atoms with van der Waals surface area (Å²) in [5.41, 5.74) is -0.0811. The minimum atomic E-state index is -0.751. The third-order valence-corrected chi connectivity index (χ3v) is 5.65. The van der Waals surface area contributed by atoms with Crippen LogP contribution in [0.1, 0.15) is 50.5 Å². The summed E-state index contributed by atoms with van der Waals surface area (Å²) in [5.74, 6) is -1.35. The highest BCUT2D eigenvalue weighted by Gasteiger charge is 2.39. The zero-order valence-corrected chi connectivity index (χ0v) is 20.3. The zero-order valence-electron chi connectivity index (χ0n) is 19.6. The summed E-state index contributed by atoms with van der Waals surface area (Å²) >= 11 is 6.05. The number of pyridine rings is 1. The second-order valence-electron chi connectivity index (χ2n) is 8.33. The van der Waals surface area contributed by atoms with E-state index < -0.39 is 29.7 Å². The van der Waals surface area contributed by atoms with Crippen LogP contribution >= 0.6 is 11.6 Å². The number of esters is 2. The Morgan fingerprint density at radius 1 is 1.18 bits per heavy atom. The quantitative estimate of drug-likeness (QED) is 0.331. The fraction of sp³-hybridized carbons (Fsp3) is 0.440. The number of nitrogens with zero attached hydrogens (tertiary/aromatic N) is 1. The molecule has 0 saturated heterocycles. The number of methoxy groups -OCH3 is 1. The van der Waals surface area contributed by atoms with Gasteiger partial charge >= 0.3 is 11.9 Å². The number of hydrogen-bond acceptors (Lipinski definition) is 8. The maximum Gasteiger partial charge on any atom is 0.309 e. The lowest BCUT2D eigenvalue weighted by molar-refractivity contribution is -0.157. The Bertz CT molecular complexity index is 1050. The second-order valence-corrected chi connectivity index (χ2v) is 8.77. The molecule has 2 aromatic rings. The smallest absolute Gasteiger partial charge is 0.309 e. The van der Waals surface area contributed by atoms with Crippen molar-refractivity contribution in [3.05, 3.63) is 47.2 Å². The van der Waals surface area contributed by atoms with Crippen LogP contribution < -0.4 is 14.2 Å². The lowest BCUT2D eigenvalue weighted by Crippen LogP contribution is -2.36. The van der Waals surface area contributed by atoms with E-state index in [1.165, 1.54) is 26.3 Å². The molecule has 9 heteroatoms. The maximum absolute atomic E-state index is 12.9. The van der Waals surface area contributed by atoms with E-state index in [1.54, 1.807) is 38.1 Å². The number of rotatable bonds is 11. The Labute approximate surface area is 203 Å². The molecule has 182 valence electrons. The summed E-state index contributed by atoms with van der Waals surface area (Å²) < 4.78 is 22.1. The van der Waals surface area contributed by atoms with E-state index >= 15 is 0 Å². The highest BCUT2D eigenvalue weighted by molar-refractivity contribution is 6.30. The van der Waals surface area contributed by atoms with Crippen molar-refractivity contribution in [3.63, 3.8) is 0 Å². The largest absolute Gasteiger partial charge is 0.493 e. The molecular formula is C25H28ClNO7. The molecule has 0 N–H and O–H groups in total. The van der Waals surface area contributed by atoms with Crippen molar-refractivity contribution >= 4 is 29.3 Å². The minimum Gasteiger partial charge on any atom is -0.493 e. The predicted octanol–water partition coefficient (Wildman–Crippen LogP) is 4.67. The fourth-order valence-corrected chi connectivity index (χ4v) is 3.73. The fourth-order valence-electron chi connectivity index (χ4n) is 3.55. The van der Waals surface area contributed by atoms with E-state index in [0.717, 1.165) is 12.8 Å². The van der Waals surface area contributed by atoms with Crippen molar-refractivity contribution in [1.29, 1.82) is 0 Å². The van der Waals surface area contributed by atoms with Crippen molar-refractivity contribution in [2.45, 2.75) is 52.2 Å². The first kappa shape index (κ1) is 25.5. The molecule has 0 amide bonds. The summed E-state index contributed by atoms with van der Waals surface area (Å²) in [7, 11) is 1.39.